The smallest absolute Gasteiger partial charge is 0.247 e. The largest absolute Gasteiger partial charge is 0.394 e. The first-order valence-electron chi connectivity index (χ1n) is 26.0. The van der Waals surface area contributed by atoms with Gasteiger partial charge in [0.25, 0.3) is 0 Å². The average Bonchev–Trinajstić information content (AvgIpc) is 3.83. The molecular weight excluding hydrogens is 967 g/mol. The van der Waals surface area contributed by atoms with Gasteiger partial charge in [-0.1, -0.05) is 101 Å². The maximum Gasteiger partial charge on any atom is 0.247 e. The Hall–Kier alpha value is -6.22. The second-order valence-electron chi connectivity index (χ2n) is 20.3. The molecule has 0 spiro atoms. The van der Waals surface area contributed by atoms with Crippen LogP contribution in [0.5, 0.6) is 0 Å². The molecule has 20 nitrogen and oxygen atoms in total. The molecule has 0 bridgehead atoms. The highest BCUT2D eigenvalue weighted by Gasteiger charge is 2.47. The van der Waals surface area contributed by atoms with Crippen LogP contribution in [0.3, 0.4) is 0 Å². The zero-order valence-corrected chi connectivity index (χ0v) is 44.4. The Kier molecular flexibility index (Phi) is 22.6. The molecule has 2 aromatic carbocycles. The van der Waals surface area contributed by atoms with Crippen LogP contribution in [0, 0.1) is 11.8 Å². The fourth-order valence-electron chi connectivity index (χ4n) is 10.6. The van der Waals surface area contributed by atoms with Crippen LogP contribution in [0.15, 0.2) is 59.6 Å². The summed E-state index contributed by atoms with van der Waals surface area (Å²) in [6, 6.07) is 8.55. The first-order valence-corrected chi connectivity index (χ1v) is 27.4. The second kappa shape index (κ2) is 28.5. The number of hydrogen-bond donors (Lipinski definition) is 8. The summed E-state index contributed by atoms with van der Waals surface area (Å²) >= 11 is 1.46. The zero-order valence-electron chi connectivity index (χ0n) is 43.6. The minimum absolute atomic E-state index is 0.00481. The Morgan fingerprint density at radius 1 is 0.784 bits per heavy atom. The molecule has 2 aromatic rings. The molecule has 0 aromatic heterocycles. The molecule has 11 N–H and O–H groups in total. The maximum absolute atomic E-state index is 15.1. The van der Waals surface area contributed by atoms with E-state index in [0.29, 0.717) is 25.0 Å². The van der Waals surface area contributed by atoms with Crippen molar-refractivity contribution in [3.05, 3.63) is 71.3 Å². The number of nitrogens with two attached hydrogens (primary N) is 3. The predicted octanol–water partition coefficient (Wildman–Crippen LogP) is 1.41. The summed E-state index contributed by atoms with van der Waals surface area (Å²) in [6.07, 6.45) is 8.54. The number of aliphatic hydroxyl groups excluding tert-OH is 1. The van der Waals surface area contributed by atoms with Gasteiger partial charge in [0.1, 0.15) is 42.3 Å². The highest BCUT2D eigenvalue weighted by Crippen LogP contribution is 2.35. The van der Waals surface area contributed by atoms with Crippen molar-refractivity contribution >= 4 is 65.0 Å². The summed E-state index contributed by atoms with van der Waals surface area (Å²) in [6.45, 7) is 4.57. The van der Waals surface area contributed by atoms with Gasteiger partial charge in [-0.05, 0) is 79.1 Å². The molecular formula is C53H79N11O9S. The van der Waals surface area contributed by atoms with E-state index in [1.165, 1.54) is 35.5 Å². The van der Waals surface area contributed by atoms with Crippen LogP contribution < -0.4 is 38.5 Å². The van der Waals surface area contributed by atoms with Crippen LogP contribution in [0.25, 0.3) is 0 Å². The van der Waals surface area contributed by atoms with Crippen molar-refractivity contribution in [2.75, 3.05) is 38.8 Å². The predicted molar refractivity (Wildman–Crippen MR) is 284 cm³/mol. The zero-order chi connectivity index (χ0) is 54.1. The van der Waals surface area contributed by atoms with Gasteiger partial charge in [0, 0.05) is 45.9 Å². The number of nitrogens with one attached hydrogen (secondary N) is 4. The number of likely N-dealkylation sites (N-methyl/N-ethyl adjacent to an activating group) is 1. The number of benzene rings is 2. The Morgan fingerprint density at radius 2 is 1.42 bits per heavy atom. The third-order valence-corrected chi connectivity index (χ3v) is 15.1. The van der Waals surface area contributed by atoms with Crippen LogP contribution in [-0.4, -0.2) is 154 Å². The lowest BCUT2D eigenvalue weighted by molar-refractivity contribution is -0.147. The molecule has 1 aliphatic carbocycles. The van der Waals surface area contributed by atoms with Crippen molar-refractivity contribution < 1.29 is 43.5 Å². The summed E-state index contributed by atoms with van der Waals surface area (Å²) < 4.78 is 0. The van der Waals surface area contributed by atoms with E-state index >= 15 is 9.59 Å². The number of fused-ring (bicyclic) bond motifs is 1. The number of aliphatic hydroxyl groups is 1. The Bertz CT molecular complexity index is 2290. The van der Waals surface area contributed by atoms with E-state index in [1.54, 1.807) is 0 Å². The number of carbonyl (C=O) groups excluding carboxylic acids is 8. The molecule has 74 heavy (non-hydrogen) atoms. The van der Waals surface area contributed by atoms with Gasteiger partial charge in [-0.15, -0.1) is 0 Å². The highest BCUT2D eigenvalue weighted by atomic mass is 32.2. The van der Waals surface area contributed by atoms with E-state index in [4.69, 9.17) is 17.2 Å². The van der Waals surface area contributed by atoms with Crippen molar-refractivity contribution in [1.29, 1.82) is 0 Å². The molecule has 5 rings (SSSR count). The van der Waals surface area contributed by atoms with Gasteiger partial charge in [-0.3, -0.25) is 43.3 Å². The van der Waals surface area contributed by atoms with Crippen LogP contribution in [0.4, 0.5) is 0 Å². The third-order valence-electron chi connectivity index (χ3n) is 14.4. The van der Waals surface area contributed by atoms with Gasteiger partial charge in [-0.25, -0.2) is 0 Å². The van der Waals surface area contributed by atoms with E-state index in [1.807, 2.05) is 74.7 Å². The van der Waals surface area contributed by atoms with E-state index in [2.05, 4.69) is 26.3 Å². The van der Waals surface area contributed by atoms with Gasteiger partial charge in [0.2, 0.25) is 47.3 Å². The molecule has 8 atom stereocenters. The lowest BCUT2D eigenvalue weighted by atomic mass is 9.84. The summed E-state index contributed by atoms with van der Waals surface area (Å²) in [5.41, 5.74) is 19.3. The van der Waals surface area contributed by atoms with Gasteiger partial charge in [0.05, 0.1) is 6.61 Å². The number of carbonyl (C=O) groups is 8. The van der Waals surface area contributed by atoms with E-state index in [9.17, 15) is 33.9 Å². The first-order chi connectivity index (χ1) is 35.3. The number of aliphatic imine (C=N–C) groups is 1. The Morgan fingerprint density at radius 3 is 2.04 bits per heavy atom. The molecule has 1 saturated heterocycles. The van der Waals surface area contributed by atoms with Crippen LogP contribution in [0.1, 0.15) is 114 Å². The number of rotatable bonds is 25. The number of nitrogens with zero attached hydrogens (tertiary/aromatic N) is 4. The van der Waals surface area contributed by atoms with E-state index in [-0.39, 0.29) is 69.0 Å². The van der Waals surface area contributed by atoms with Gasteiger partial charge >= 0.3 is 0 Å². The molecule has 406 valence electrons. The molecule has 1 unspecified atom stereocenters. The van der Waals surface area contributed by atoms with Crippen LogP contribution in [-0.2, 0) is 51.3 Å². The van der Waals surface area contributed by atoms with Crippen molar-refractivity contribution in [3.8, 4) is 0 Å². The Labute approximate surface area is 439 Å². The number of likely N-dealkylation sites (tertiary alicyclic amines) is 1. The van der Waals surface area contributed by atoms with Crippen LogP contribution in [0.2, 0.25) is 0 Å². The molecule has 3 aliphatic rings. The fourth-order valence-corrected chi connectivity index (χ4v) is 11.1. The number of guanidine groups is 1. The molecule has 2 fully saturated rings. The standard InChI is InChI=1S/C53H79N11O9S/c1-32(2)27-43(46(54)67)62(4)50(71)42(31-65)61-49(70)45-38(35-17-10-7-11-18-35)22-25-63(45)51(72)40(23-26-74-5)60-48(69)44-29-36-19-12-13-20-37(36)30-64(44)52(73)39(21-14-24-57-53(55)56)59-47(68)41(58-33(3)66)28-34-15-8-6-9-16-34/h7,10-13,17-20,32,34,38-45,65H,6,8-9,14-16,21-31H2,1-5H3,(H2,54,67)(H,58,66)(H,59,68)(H,60,69)(H,61,70)(H4,55,56,57)/t38?,39-,40-,41-,42-,43-,44-,45-/m0/s1. The van der Waals surface area contributed by atoms with Gasteiger partial charge in [-0.2, -0.15) is 11.8 Å². The lowest BCUT2D eigenvalue weighted by Crippen LogP contribution is -2.62. The van der Waals surface area contributed by atoms with Gasteiger partial charge < -0.3 is 58.3 Å². The summed E-state index contributed by atoms with van der Waals surface area (Å²) in [5, 5.41) is 21.9. The number of primary amides is 1. The van der Waals surface area contributed by atoms with Crippen molar-refractivity contribution in [2.45, 2.75) is 153 Å². The average molecular weight is 1050 g/mol. The van der Waals surface area contributed by atoms with Crippen LogP contribution >= 0.6 is 11.8 Å². The Balaban J connectivity index is 1.45. The van der Waals surface area contributed by atoms with E-state index < -0.39 is 96.2 Å². The topological polar surface area (TPSA) is 305 Å². The van der Waals surface area contributed by atoms with Crippen molar-refractivity contribution in [3.63, 3.8) is 0 Å². The normalized spacial score (nSPS) is 19.7. The second-order valence-corrected chi connectivity index (χ2v) is 21.3. The fraction of sp³-hybridized carbons (Fsp3) is 0.604. The summed E-state index contributed by atoms with van der Waals surface area (Å²) in [5.74, 6) is -4.84. The molecule has 21 heteroatoms. The molecule has 0 radical (unpaired) electrons. The molecule has 2 heterocycles. The highest BCUT2D eigenvalue weighted by molar-refractivity contribution is 7.98. The molecule has 2 aliphatic heterocycles. The summed E-state index contributed by atoms with van der Waals surface area (Å²) in [7, 11) is 1.39. The minimum Gasteiger partial charge on any atom is -0.394 e. The van der Waals surface area contributed by atoms with Gasteiger partial charge in [0.15, 0.2) is 5.96 Å². The van der Waals surface area contributed by atoms with Crippen molar-refractivity contribution in [2.24, 2.45) is 34.0 Å². The maximum atomic E-state index is 15.1. The minimum atomic E-state index is -1.48. The summed E-state index contributed by atoms with van der Waals surface area (Å²) in [4.78, 5) is 121. The number of thioether (sulfide) groups is 1. The first kappa shape index (κ1) is 58.7. The van der Waals surface area contributed by atoms with E-state index in [0.717, 1.165) is 53.7 Å². The molecule has 1 saturated carbocycles. The van der Waals surface area contributed by atoms with Crippen molar-refractivity contribution in [1.82, 2.24) is 36.0 Å². The molecule has 8 amide bonds. The number of amides is 8. The lowest BCUT2D eigenvalue weighted by Gasteiger charge is -2.39. The quantitative estimate of drug-likeness (QED) is 0.0398. The third kappa shape index (κ3) is 16.1. The number of hydrogen-bond acceptors (Lipinski definition) is 11. The SMILES string of the molecule is CSCC[C@H](NC(=O)[C@@H]1Cc2ccccc2CN1C(=O)[C@H](CCCN=C(N)N)NC(=O)[C@H](CC1CCCCC1)NC(C)=O)C(=O)N1CCC(c2ccccc2)[C@H]1C(=O)N[C@@H](CO)C(=O)N(C)[C@@H](CC(C)C)C(N)=O. The monoisotopic (exact) mass is 1050 g/mol.